The number of sulfonamides is 1. The van der Waals surface area contributed by atoms with Gasteiger partial charge in [0.15, 0.2) is 0 Å². The van der Waals surface area contributed by atoms with Crippen molar-refractivity contribution >= 4 is 27.7 Å². The lowest BCUT2D eigenvalue weighted by atomic mass is 10.0. The fraction of sp³-hybridized carbons (Fsp3) is 0.588. The Kier molecular flexibility index (Phi) is 7.74. The van der Waals surface area contributed by atoms with Gasteiger partial charge in [0, 0.05) is 6.04 Å². The van der Waals surface area contributed by atoms with Crippen LogP contribution in [-0.2, 0) is 14.8 Å². The molecule has 140 valence electrons. The third kappa shape index (κ3) is 6.29. The summed E-state index contributed by atoms with van der Waals surface area (Å²) in [5, 5.41) is 3.02. The molecule has 1 heterocycles. The molecule has 1 fully saturated rings. The molecule has 0 aromatic heterocycles. The fourth-order valence-electron chi connectivity index (χ4n) is 2.79. The number of piperidine rings is 1. The zero-order valence-corrected chi connectivity index (χ0v) is 16.4. The highest BCUT2D eigenvalue weighted by molar-refractivity contribution is 7.98. The van der Waals surface area contributed by atoms with E-state index in [4.69, 9.17) is 0 Å². The van der Waals surface area contributed by atoms with Crippen molar-refractivity contribution in [2.75, 3.05) is 32.1 Å². The minimum Gasteiger partial charge on any atom is -0.352 e. The molecule has 8 heteroatoms. The van der Waals surface area contributed by atoms with Crippen LogP contribution >= 0.6 is 11.8 Å². The molecule has 1 unspecified atom stereocenters. The molecule has 0 spiro atoms. The Morgan fingerprint density at radius 3 is 2.52 bits per heavy atom. The second-order valence-electron chi connectivity index (χ2n) is 6.35. The van der Waals surface area contributed by atoms with Crippen LogP contribution in [0, 0.1) is 0 Å². The highest BCUT2D eigenvalue weighted by atomic mass is 32.2. The van der Waals surface area contributed by atoms with Gasteiger partial charge in [-0.3, -0.25) is 4.79 Å². The average molecular weight is 386 g/mol. The summed E-state index contributed by atoms with van der Waals surface area (Å²) in [6.45, 7) is 1.88. The summed E-state index contributed by atoms with van der Waals surface area (Å²) in [6, 6.07) is 7.52. The lowest BCUT2D eigenvalue weighted by molar-refractivity contribution is -0.123. The van der Waals surface area contributed by atoms with Crippen LogP contribution in [-0.4, -0.2) is 63.5 Å². The van der Waals surface area contributed by atoms with Crippen molar-refractivity contribution in [2.24, 2.45) is 0 Å². The van der Waals surface area contributed by atoms with Gasteiger partial charge in [0.05, 0.1) is 4.90 Å². The summed E-state index contributed by atoms with van der Waals surface area (Å²) in [7, 11) is -1.65. The molecule has 2 rings (SSSR count). The number of nitrogens with one attached hydrogen (secondary N) is 2. The Morgan fingerprint density at radius 1 is 1.28 bits per heavy atom. The van der Waals surface area contributed by atoms with E-state index in [0.717, 1.165) is 25.9 Å². The van der Waals surface area contributed by atoms with Crippen molar-refractivity contribution in [1.82, 2.24) is 14.9 Å². The first kappa shape index (κ1) is 20.2. The van der Waals surface area contributed by atoms with E-state index >= 15 is 0 Å². The second kappa shape index (κ2) is 9.56. The molecular weight excluding hydrogens is 358 g/mol. The van der Waals surface area contributed by atoms with Crippen molar-refractivity contribution in [3.05, 3.63) is 30.3 Å². The van der Waals surface area contributed by atoms with Gasteiger partial charge >= 0.3 is 0 Å². The predicted octanol–water partition coefficient (Wildman–Crippen LogP) is 1.30. The molecule has 6 nitrogen and oxygen atoms in total. The lowest BCUT2D eigenvalue weighted by Gasteiger charge is -2.30. The molecule has 25 heavy (non-hydrogen) atoms. The number of benzene rings is 1. The SMILES string of the molecule is CSCCC(NS(=O)(=O)c1ccccc1)C(=O)NC1CCN(C)CC1. The lowest BCUT2D eigenvalue weighted by Crippen LogP contribution is -2.51. The van der Waals surface area contributed by atoms with Gasteiger partial charge in [-0.25, -0.2) is 8.42 Å². The van der Waals surface area contributed by atoms with E-state index in [1.807, 2.05) is 6.26 Å². The van der Waals surface area contributed by atoms with Crippen LogP contribution in [0.25, 0.3) is 0 Å². The summed E-state index contributed by atoms with van der Waals surface area (Å²) < 4.78 is 27.7. The summed E-state index contributed by atoms with van der Waals surface area (Å²) in [6.07, 6.45) is 4.19. The third-order valence-electron chi connectivity index (χ3n) is 4.34. The first-order valence-corrected chi connectivity index (χ1v) is 11.4. The number of carbonyl (C=O) groups is 1. The van der Waals surface area contributed by atoms with Crippen LogP contribution in [0.4, 0.5) is 0 Å². The highest BCUT2D eigenvalue weighted by Gasteiger charge is 2.27. The number of rotatable bonds is 8. The van der Waals surface area contributed by atoms with Crippen molar-refractivity contribution < 1.29 is 13.2 Å². The Labute approximate surface area is 154 Å². The highest BCUT2D eigenvalue weighted by Crippen LogP contribution is 2.12. The van der Waals surface area contributed by atoms with Gasteiger partial charge in [-0.2, -0.15) is 16.5 Å². The average Bonchev–Trinajstić information content (AvgIpc) is 2.61. The summed E-state index contributed by atoms with van der Waals surface area (Å²) in [4.78, 5) is 15.1. The summed E-state index contributed by atoms with van der Waals surface area (Å²) in [5.74, 6) is 0.478. The van der Waals surface area contributed by atoms with E-state index < -0.39 is 16.1 Å². The minimum atomic E-state index is -3.71. The number of hydrogen-bond acceptors (Lipinski definition) is 5. The van der Waals surface area contributed by atoms with Gasteiger partial charge in [0.2, 0.25) is 15.9 Å². The molecule has 1 aromatic rings. The van der Waals surface area contributed by atoms with E-state index in [2.05, 4.69) is 22.0 Å². The number of carbonyl (C=O) groups excluding carboxylic acids is 1. The first-order valence-electron chi connectivity index (χ1n) is 8.47. The fourth-order valence-corrected chi connectivity index (χ4v) is 4.51. The molecule has 0 bridgehead atoms. The zero-order chi connectivity index (χ0) is 18.3. The number of likely N-dealkylation sites (tertiary alicyclic amines) is 1. The van der Waals surface area contributed by atoms with Crippen LogP contribution in [0.3, 0.4) is 0 Å². The van der Waals surface area contributed by atoms with Crippen molar-refractivity contribution in [1.29, 1.82) is 0 Å². The van der Waals surface area contributed by atoms with E-state index in [0.29, 0.717) is 12.2 Å². The Hall–Kier alpha value is -1.09. The maximum atomic E-state index is 12.6. The van der Waals surface area contributed by atoms with Crippen molar-refractivity contribution in [3.63, 3.8) is 0 Å². The van der Waals surface area contributed by atoms with Crippen LogP contribution in [0.1, 0.15) is 19.3 Å². The maximum absolute atomic E-state index is 12.6. The normalized spacial score (nSPS) is 18.0. The van der Waals surface area contributed by atoms with Gasteiger partial charge in [-0.05, 0) is 63.5 Å². The van der Waals surface area contributed by atoms with Crippen LogP contribution in [0.2, 0.25) is 0 Å². The van der Waals surface area contributed by atoms with Crippen LogP contribution in [0.15, 0.2) is 35.2 Å². The second-order valence-corrected chi connectivity index (χ2v) is 9.05. The first-order chi connectivity index (χ1) is 11.9. The van der Waals surface area contributed by atoms with Gasteiger partial charge in [0.1, 0.15) is 6.04 Å². The van der Waals surface area contributed by atoms with Gasteiger partial charge in [0.25, 0.3) is 0 Å². The molecule has 0 aliphatic carbocycles. The monoisotopic (exact) mass is 385 g/mol. The summed E-state index contributed by atoms with van der Waals surface area (Å²) in [5.41, 5.74) is 0. The standard InChI is InChI=1S/C17H27N3O3S2/c1-20-11-8-14(9-12-20)18-17(21)16(10-13-24-2)19-25(22,23)15-6-4-3-5-7-15/h3-7,14,16,19H,8-13H2,1-2H3,(H,18,21). The number of nitrogens with zero attached hydrogens (tertiary/aromatic N) is 1. The molecule has 0 radical (unpaired) electrons. The third-order valence-corrected chi connectivity index (χ3v) is 6.47. The maximum Gasteiger partial charge on any atom is 0.241 e. The largest absolute Gasteiger partial charge is 0.352 e. The van der Waals surface area contributed by atoms with Gasteiger partial charge < -0.3 is 10.2 Å². The molecular formula is C17H27N3O3S2. The predicted molar refractivity (Wildman–Crippen MR) is 102 cm³/mol. The Bertz CT molecular complexity index is 644. The quantitative estimate of drug-likeness (QED) is 0.705. The van der Waals surface area contributed by atoms with E-state index in [9.17, 15) is 13.2 Å². The Balaban J connectivity index is 2.03. The van der Waals surface area contributed by atoms with Crippen LogP contribution < -0.4 is 10.0 Å². The number of hydrogen-bond donors (Lipinski definition) is 2. The number of thioether (sulfide) groups is 1. The van der Waals surface area contributed by atoms with Crippen molar-refractivity contribution in [2.45, 2.75) is 36.2 Å². The Morgan fingerprint density at radius 2 is 1.92 bits per heavy atom. The van der Waals surface area contributed by atoms with E-state index in [1.54, 1.807) is 30.0 Å². The molecule has 1 aromatic carbocycles. The van der Waals surface area contributed by atoms with Gasteiger partial charge in [-0.1, -0.05) is 18.2 Å². The molecule has 1 aliphatic rings. The van der Waals surface area contributed by atoms with E-state index in [-0.39, 0.29) is 16.8 Å². The number of amides is 1. The molecule has 1 saturated heterocycles. The zero-order valence-electron chi connectivity index (χ0n) is 14.8. The molecule has 1 atom stereocenters. The topological polar surface area (TPSA) is 78.5 Å². The summed E-state index contributed by atoms with van der Waals surface area (Å²) >= 11 is 1.59. The minimum absolute atomic E-state index is 0.113. The van der Waals surface area contributed by atoms with Crippen LogP contribution in [0.5, 0.6) is 0 Å². The van der Waals surface area contributed by atoms with Gasteiger partial charge in [-0.15, -0.1) is 0 Å². The van der Waals surface area contributed by atoms with E-state index in [1.165, 1.54) is 12.1 Å². The molecule has 0 saturated carbocycles. The molecule has 1 amide bonds. The van der Waals surface area contributed by atoms with Crippen molar-refractivity contribution in [3.8, 4) is 0 Å². The molecule has 2 N–H and O–H groups in total. The smallest absolute Gasteiger partial charge is 0.241 e. The molecule has 1 aliphatic heterocycles.